The number of nitrogens with one attached hydrogen (secondary N) is 2. The summed E-state index contributed by atoms with van der Waals surface area (Å²) in [5, 5.41) is 14.8. The third-order valence-electron chi connectivity index (χ3n) is 5.14. The van der Waals surface area contributed by atoms with Crippen LogP contribution in [0.25, 0.3) is 16.8 Å². The van der Waals surface area contributed by atoms with Crippen molar-refractivity contribution in [3.63, 3.8) is 0 Å². The standard InChI is InChI=1S/C22H21N7O3/c1-32-19(30)13-28-12-15(11-23-28)18-3-2-10-29-20(18)26-22(27-29)25-17-6-4-14(5-7-17)21(31)24-16-8-9-16/h2-7,10-12,16H,8-9,13H2,1H3,(H,24,31)(H,25,27). The molecule has 3 aromatic heterocycles. The fraction of sp³-hybridized carbons (Fsp3) is 0.227. The number of ether oxygens (including phenoxy) is 1. The molecule has 0 atom stereocenters. The van der Waals surface area contributed by atoms with Crippen LogP contribution < -0.4 is 10.6 Å². The first-order chi connectivity index (χ1) is 15.6. The summed E-state index contributed by atoms with van der Waals surface area (Å²) in [6, 6.07) is 11.3. The Kier molecular flexibility index (Phi) is 5.02. The first kappa shape index (κ1) is 19.7. The molecule has 0 spiro atoms. The fourth-order valence-corrected chi connectivity index (χ4v) is 3.30. The van der Waals surface area contributed by atoms with Crippen molar-refractivity contribution in [1.29, 1.82) is 0 Å². The van der Waals surface area contributed by atoms with Gasteiger partial charge in [-0.1, -0.05) is 0 Å². The van der Waals surface area contributed by atoms with E-state index >= 15 is 0 Å². The van der Waals surface area contributed by atoms with Crippen LogP contribution in [0.2, 0.25) is 0 Å². The van der Waals surface area contributed by atoms with E-state index in [4.69, 9.17) is 0 Å². The maximum absolute atomic E-state index is 12.1. The summed E-state index contributed by atoms with van der Waals surface area (Å²) in [6.07, 6.45) is 7.35. The number of nitrogens with zero attached hydrogens (tertiary/aromatic N) is 5. The molecule has 1 aliphatic carbocycles. The summed E-state index contributed by atoms with van der Waals surface area (Å²) >= 11 is 0. The van der Waals surface area contributed by atoms with Crippen LogP contribution in [-0.2, 0) is 16.1 Å². The molecule has 0 unspecified atom stereocenters. The number of carbonyl (C=O) groups excluding carboxylic acids is 2. The lowest BCUT2D eigenvalue weighted by Gasteiger charge is -2.05. The number of hydrogen-bond acceptors (Lipinski definition) is 7. The van der Waals surface area contributed by atoms with E-state index in [1.807, 2.05) is 24.3 Å². The Morgan fingerprint density at radius 1 is 1.19 bits per heavy atom. The molecular weight excluding hydrogens is 410 g/mol. The van der Waals surface area contributed by atoms with Gasteiger partial charge in [-0.2, -0.15) is 10.1 Å². The summed E-state index contributed by atoms with van der Waals surface area (Å²) in [6.45, 7) is 0.0355. The van der Waals surface area contributed by atoms with Crippen LogP contribution >= 0.6 is 0 Å². The monoisotopic (exact) mass is 431 g/mol. The van der Waals surface area contributed by atoms with Gasteiger partial charge in [-0.25, -0.2) is 4.52 Å². The lowest BCUT2D eigenvalue weighted by Crippen LogP contribution is -2.25. The van der Waals surface area contributed by atoms with E-state index in [9.17, 15) is 9.59 Å². The lowest BCUT2D eigenvalue weighted by atomic mass is 10.1. The highest BCUT2D eigenvalue weighted by Crippen LogP contribution is 2.25. The van der Waals surface area contributed by atoms with Crippen LogP contribution in [0.1, 0.15) is 23.2 Å². The van der Waals surface area contributed by atoms with Crippen molar-refractivity contribution in [2.24, 2.45) is 0 Å². The predicted molar refractivity (Wildman–Crippen MR) is 116 cm³/mol. The number of benzene rings is 1. The summed E-state index contributed by atoms with van der Waals surface area (Å²) in [5.74, 6) is -0.000242. The molecule has 5 rings (SSSR count). The SMILES string of the molecule is COC(=O)Cn1cc(-c2cccn3nc(Nc4ccc(C(=O)NC5CC5)cc4)nc23)cn1. The number of rotatable bonds is 7. The zero-order chi connectivity index (χ0) is 22.1. The Balaban J connectivity index is 1.35. The van der Waals surface area contributed by atoms with Gasteiger partial charge in [-0.3, -0.25) is 14.3 Å². The number of aromatic nitrogens is 5. The molecule has 0 saturated heterocycles. The van der Waals surface area contributed by atoms with Crippen molar-refractivity contribution in [2.45, 2.75) is 25.4 Å². The smallest absolute Gasteiger partial charge is 0.327 e. The van der Waals surface area contributed by atoms with Crippen molar-refractivity contribution in [3.8, 4) is 11.1 Å². The molecule has 1 fully saturated rings. The largest absolute Gasteiger partial charge is 0.468 e. The minimum Gasteiger partial charge on any atom is -0.468 e. The summed E-state index contributed by atoms with van der Waals surface area (Å²) < 4.78 is 7.87. The number of hydrogen-bond donors (Lipinski definition) is 2. The maximum Gasteiger partial charge on any atom is 0.327 e. The van der Waals surface area contributed by atoms with E-state index in [1.54, 1.807) is 35.2 Å². The van der Waals surface area contributed by atoms with E-state index < -0.39 is 0 Å². The van der Waals surface area contributed by atoms with Gasteiger partial charge < -0.3 is 15.4 Å². The zero-order valence-electron chi connectivity index (χ0n) is 17.4. The Hall–Kier alpha value is -4.21. The molecule has 32 heavy (non-hydrogen) atoms. The second kappa shape index (κ2) is 8.14. The van der Waals surface area contributed by atoms with Crippen LogP contribution in [0.4, 0.5) is 11.6 Å². The highest BCUT2D eigenvalue weighted by Gasteiger charge is 2.23. The normalized spacial score (nSPS) is 13.2. The Bertz CT molecular complexity index is 1290. The van der Waals surface area contributed by atoms with E-state index in [2.05, 4.69) is 30.6 Å². The average Bonchev–Trinajstić information content (AvgIpc) is 3.32. The van der Waals surface area contributed by atoms with Gasteiger partial charge in [-0.05, 0) is 49.2 Å². The predicted octanol–water partition coefficient (Wildman–Crippen LogP) is 2.40. The number of amides is 1. The minimum atomic E-state index is -0.372. The Morgan fingerprint density at radius 2 is 2.00 bits per heavy atom. The van der Waals surface area contributed by atoms with Crippen molar-refractivity contribution < 1.29 is 14.3 Å². The molecule has 1 amide bonds. The summed E-state index contributed by atoms with van der Waals surface area (Å²) in [7, 11) is 1.34. The highest BCUT2D eigenvalue weighted by molar-refractivity contribution is 5.95. The Morgan fingerprint density at radius 3 is 2.75 bits per heavy atom. The zero-order valence-corrected chi connectivity index (χ0v) is 17.4. The fourth-order valence-electron chi connectivity index (χ4n) is 3.30. The van der Waals surface area contributed by atoms with Crippen LogP contribution in [0.5, 0.6) is 0 Å². The van der Waals surface area contributed by atoms with Crippen molar-refractivity contribution in [1.82, 2.24) is 29.7 Å². The number of carbonyl (C=O) groups is 2. The number of pyridine rings is 1. The summed E-state index contributed by atoms with van der Waals surface area (Å²) in [4.78, 5) is 28.2. The van der Waals surface area contributed by atoms with E-state index in [0.717, 1.165) is 29.7 Å². The van der Waals surface area contributed by atoms with Crippen LogP contribution in [0, 0.1) is 0 Å². The average molecular weight is 431 g/mol. The quantitative estimate of drug-likeness (QED) is 0.432. The molecule has 1 saturated carbocycles. The van der Waals surface area contributed by atoms with Gasteiger partial charge in [0.15, 0.2) is 5.65 Å². The van der Waals surface area contributed by atoms with Gasteiger partial charge in [-0.15, -0.1) is 5.10 Å². The lowest BCUT2D eigenvalue weighted by molar-refractivity contribution is -0.141. The second-order valence-corrected chi connectivity index (χ2v) is 7.58. The number of methoxy groups -OCH3 is 1. The minimum absolute atomic E-state index is 0.0355. The summed E-state index contributed by atoms with van der Waals surface area (Å²) in [5.41, 5.74) is 3.68. The first-order valence-electron chi connectivity index (χ1n) is 10.2. The molecule has 0 aliphatic heterocycles. The van der Waals surface area contributed by atoms with Crippen molar-refractivity contribution in [2.75, 3.05) is 12.4 Å². The molecule has 4 aromatic rings. The molecule has 3 heterocycles. The van der Waals surface area contributed by atoms with E-state index in [0.29, 0.717) is 23.2 Å². The van der Waals surface area contributed by atoms with Crippen molar-refractivity contribution in [3.05, 3.63) is 60.6 Å². The molecule has 0 radical (unpaired) electrons. The van der Waals surface area contributed by atoms with Gasteiger partial charge in [0, 0.05) is 40.8 Å². The van der Waals surface area contributed by atoms with Gasteiger partial charge in [0.2, 0.25) is 5.95 Å². The molecule has 2 N–H and O–H groups in total. The molecule has 1 aliphatic rings. The molecular formula is C22H21N7O3. The van der Waals surface area contributed by atoms with Gasteiger partial charge in [0.25, 0.3) is 5.91 Å². The van der Waals surface area contributed by atoms with Crippen LogP contribution in [0.3, 0.4) is 0 Å². The van der Waals surface area contributed by atoms with Gasteiger partial charge in [0.1, 0.15) is 6.54 Å². The number of fused-ring (bicyclic) bond motifs is 1. The molecule has 10 nitrogen and oxygen atoms in total. The molecule has 0 bridgehead atoms. The maximum atomic E-state index is 12.1. The van der Waals surface area contributed by atoms with Gasteiger partial charge >= 0.3 is 5.97 Å². The van der Waals surface area contributed by atoms with E-state index in [1.165, 1.54) is 11.8 Å². The van der Waals surface area contributed by atoms with Gasteiger partial charge in [0.05, 0.1) is 13.3 Å². The first-order valence-corrected chi connectivity index (χ1v) is 10.2. The third-order valence-corrected chi connectivity index (χ3v) is 5.14. The Labute approximate surface area is 183 Å². The van der Waals surface area contributed by atoms with Crippen LogP contribution in [0.15, 0.2) is 55.0 Å². The van der Waals surface area contributed by atoms with E-state index in [-0.39, 0.29) is 18.4 Å². The molecule has 1 aromatic carbocycles. The van der Waals surface area contributed by atoms with Crippen LogP contribution in [-0.4, -0.2) is 49.4 Å². The topological polar surface area (TPSA) is 115 Å². The third kappa shape index (κ3) is 4.15. The molecule has 162 valence electrons. The number of esters is 1. The van der Waals surface area contributed by atoms with Crippen molar-refractivity contribution >= 4 is 29.2 Å². The number of anilines is 2. The second-order valence-electron chi connectivity index (χ2n) is 7.58. The highest BCUT2D eigenvalue weighted by atomic mass is 16.5. The molecule has 10 heteroatoms.